The van der Waals surface area contributed by atoms with Crippen LogP contribution in [0, 0.1) is 11.7 Å². The molecule has 19 heavy (non-hydrogen) atoms. The van der Waals surface area contributed by atoms with Gasteiger partial charge in [0.2, 0.25) is 0 Å². The zero-order chi connectivity index (χ0) is 13.2. The van der Waals surface area contributed by atoms with E-state index in [0.29, 0.717) is 13.1 Å². The van der Waals surface area contributed by atoms with E-state index in [1.807, 2.05) is 0 Å². The summed E-state index contributed by atoms with van der Waals surface area (Å²) in [6, 6.07) is 4.65. The number of benzene rings is 1. The third-order valence-electron chi connectivity index (χ3n) is 3.38. The number of aliphatic hydroxyl groups excluding tert-OH is 1. The SMILES string of the molecule is OC1CNCC1CNCc1nc2ccc(F)cc2s1. The van der Waals surface area contributed by atoms with Crippen molar-refractivity contribution in [3.8, 4) is 0 Å². The Balaban J connectivity index is 1.59. The van der Waals surface area contributed by atoms with Gasteiger partial charge in [0.15, 0.2) is 0 Å². The van der Waals surface area contributed by atoms with Crippen molar-refractivity contribution in [2.75, 3.05) is 19.6 Å². The van der Waals surface area contributed by atoms with Crippen LogP contribution < -0.4 is 10.6 Å². The summed E-state index contributed by atoms with van der Waals surface area (Å²) in [5.41, 5.74) is 0.839. The fraction of sp³-hybridized carbons (Fsp3) is 0.462. The first-order valence-corrected chi connectivity index (χ1v) is 7.18. The van der Waals surface area contributed by atoms with Crippen LogP contribution in [0.1, 0.15) is 5.01 Å². The fourth-order valence-corrected chi connectivity index (χ4v) is 3.28. The average molecular weight is 281 g/mol. The molecule has 0 aliphatic carbocycles. The van der Waals surface area contributed by atoms with Gasteiger partial charge < -0.3 is 15.7 Å². The third kappa shape index (κ3) is 2.92. The summed E-state index contributed by atoms with van der Waals surface area (Å²) in [5, 5.41) is 17.1. The number of nitrogens with zero attached hydrogens (tertiary/aromatic N) is 1. The van der Waals surface area contributed by atoms with Crippen LogP contribution in [0.15, 0.2) is 18.2 Å². The van der Waals surface area contributed by atoms with E-state index in [2.05, 4.69) is 15.6 Å². The molecule has 1 aromatic carbocycles. The number of halogens is 1. The summed E-state index contributed by atoms with van der Waals surface area (Å²) in [4.78, 5) is 4.45. The second-order valence-corrected chi connectivity index (χ2v) is 5.95. The van der Waals surface area contributed by atoms with E-state index in [0.717, 1.165) is 28.3 Å². The number of rotatable bonds is 4. The Labute approximate surface area is 114 Å². The van der Waals surface area contributed by atoms with Gasteiger partial charge in [0.05, 0.1) is 16.3 Å². The van der Waals surface area contributed by atoms with Crippen LogP contribution in [0.3, 0.4) is 0 Å². The van der Waals surface area contributed by atoms with Crippen molar-refractivity contribution in [1.29, 1.82) is 0 Å². The lowest BCUT2D eigenvalue weighted by Gasteiger charge is -2.13. The molecule has 3 N–H and O–H groups in total. The Morgan fingerprint density at radius 1 is 1.47 bits per heavy atom. The van der Waals surface area contributed by atoms with Crippen molar-refractivity contribution < 1.29 is 9.50 Å². The van der Waals surface area contributed by atoms with E-state index in [4.69, 9.17) is 0 Å². The Bertz CT molecular complexity index is 574. The molecular weight excluding hydrogens is 265 g/mol. The molecule has 1 aliphatic heterocycles. The molecule has 4 nitrogen and oxygen atoms in total. The first-order chi connectivity index (χ1) is 9.22. The van der Waals surface area contributed by atoms with Crippen molar-refractivity contribution in [1.82, 2.24) is 15.6 Å². The highest BCUT2D eigenvalue weighted by Crippen LogP contribution is 2.22. The molecule has 0 spiro atoms. The predicted octanol–water partition coefficient (Wildman–Crippen LogP) is 1.11. The first kappa shape index (κ1) is 12.9. The molecule has 0 bridgehead atoms. The number of β-amino-alcohol motifs (C(OH)–C–C–N with tert-alkyl or cyclic N) is 1. The van der Waals surface area contributed by atoms with Gasteiger partial charge in [-0.15, -0.1) is 11.3 Å². The largest absolute Gasteiger partial charge is 0.391 e. The summed E-state index contributed by atoms with van der Waals surface area (Å²) in [6.07, 6.45) is -0.267. The second-order valence-electron chi connectivity index (χ2n) is 4.84. The van der Waals surface area contributed by atoms with Gasteiger partial charge in [0.25, 0.3) is 0 Å². The minimum atomic E-state index is -0.267. The van der Waals surface area contributed by atoms with Crippen molar-refractivity contribution in [2.45, 2.75) is 12.6 Å². The molecule has 2 heterocycles. The molecule has 1 saturated heterocycles. The lowest BCUT2D eigenvalue weighted by molar-refractivity contribution is 0.146. The average Bonchev–Trinajstić information content (AvgIpc) is 2.95. The molecule has 1 aliphatic rings. The zero-order valence-corrected chi connectivity index (χ0v) is 11.2. The fourth-order valence-electron chi connectivity index (χ4n) is 2.31. The minimum absolute atomic E-state index is 0.226. The van der Waals surface area contributed by atoms with E-state index >= 15 is 0 Å². The number of hydrogen-bond donors (Lipinski definition) is 3. The second kappa shape index (κ2) is 5.50. The lowest BCUT2D eigenvalue weighted by atomic mass is 10.1. The van der Waals surface area contributed by atoms with Crippen LogP contribution in [0.5, 0.6) is 0 Å². The van der Waals surface area contributed by atoms with E-state index in [9.17, 15) is 9.50 Å². The number of aliphatic hydroxyl groups is 1. The van der Waals surface area contributed by atoms with Gasteiger partial charge in [-0.3, -0.25) is 0 Å². The van der Waals surface area contributed by atoms with Crippen molar-refractivity contribution in [3.63, 3.8) is 0 Å². The van der Waals surface area contributed by atoms with Crippen molar-refractivity contribution >= 4 is 21.6 Å². The highest BCUT2D eigenvalue weighted by molar-refractivity contribution is 7.18. The van der Waals surface area contributed by atoms with Gasteiger partial charge in [-0.2, -0.15) is 0 Å². The van der Waals surface area contributed by atoms with E-state index in [1.54, 1.807) is 6.07 Å². The maximum absolute atomic E-state index is 13.1. The highest BCUT2D eigenvalue weighted by atomic mass is 32.1. The van der Waals surface area contributed by atoms with Crippen LogP contribution in [-0.4, -0.2) is 35.8 Å². The van der Waals surface area contributed by atoms with E-state index in [-0.39, 0.29) is 17.8 Å². The molecule has 6 heteroatoms. The molecule has 0 radical (unpaired) electrons. The van der Waals surface area contributed by atoms with Crippen molar-refractivity contribution in [3.05, 3.63) is 29.0 Å². The monoisotopic (exact) mass is 281 g/mol. The molecule has 0 amide bonds. The molecule has 1 aromatic heterocycles. The van der Waals surface area contributed by atoms with Crippen molar-refractivity contribution in [2.24, 2.45) is 5.92 Å². The molecule has 1 fully saturated rings. The first-order valence-electron chi connectivity index (χ1n) is 6.37. The normalized spacial score (nSPS) is 23.3. The van der Waals surface area contributed by atoms with Gasteiger partial charge in [-0.1, -0.05) is 0 Å². The van der Waals surface area contributed by atoms with Gasteiger partial charge in [-0.25, -0.2) is 9.37 Å². The molecule has 2 unspecified atom stereocenters. The number of thiazole rings is 1. The van der Waals surface area contributed by atoms with Crippen LogP contribution in [0.25, 0.3) is 10.2 Å². The van der Waals surface area contributed by atoms with Crippen LogP contribution >= 0.6 is 11.3 Å². The maximum Gasteiger partial charge on any atom is 0.124 e. The molecule has 2 atom stereocenters. The van der Waals surface area contributed by atoms with E-state index in [1.165, 1.54) is 23.5 Å². The molecule has 0 saturated carbocycles. The molecule has 102 valence electrons. The minimum Gasteiger partial charge on any atom is -0.391 e. The Hall–Kier alpha value is -1.08. The summed E-state index contributed by atoms with van der Waals surface area (Å²) in [5.74, 6) is 0.0302. The maximum atomic E-state index is 13.1. The van der Waals surface area contributed by atoms with Crippen LogP contribution in [0.4, 0.5) is 4.39 Å². The number of aromatic nitrogens is 1. The van der Waals surface area contributed by atoms with Gasteiger partial charge in [0, 0.05) is 32.1 Å². The topological polar surface area (TPSA) is 57.2 Å². The third-order valence-corrected chi connectivity index (χ3v) is 4.40. The Morgan fingerprint density at radius 3 is 3.16 bits per heavy atom. The van der Waals surface area contributed by atoms with Gasteiger partial charge >= 0.3 is 0 Å². The number of fused-ring (bicyclic) bond motifs is 1. The lowest BCUT2D eigenvalue weighted by Crippen LogP contribution is -2.30. The highest BCUT2D eigenvalue weighted by Gasteiger charge is 2.24. The summed E-state index contributed by atoms with van der Waals surface area (Å²) in [7, 11) is 0. The zero-order valence-electron chi connectivity index (χ0n) is 10.4. The summed E-state index contributed by atoms with van der Waals surface area (Å²) >= 11 is 1.50. The van der Waals surface area contributed by atoms with E-state index < -0.39 is 0 Å². The summed E-state index contributed by atoms with van der Waals surface area (Å²) in [6.45, 7) is 2.94. The predicted molar refractivity (Wildman–Crippen MR) is 73.7 cm³/mol. The quantitative estimate of drug-likeness (QED) is 0.786. The van der Waals surface area contributed by atoms with Gasteiger partial charge in [-0.05, 0) is 18.2 Å². The van der Waals surface area contributed by atoms with Crippen LogP contribution in [-0.2, 0) is 6.54 Å². The van der Waals surface area contributed by atoms with Crippen LogP contribution in [0.2, 0.25) is 0 Å². The molecular formula is C13H16FN3OS. The Morgan fingerprint density at radius 2 is 2.37 bits per heavy atom. The van der Waals surface area contributed by atoms with Gasteiger partial charge in [0.1, 0.15) is 10.8 Å². The standard InChI is InChI=1S/C13H16FN3OS/c14-9-1-2-10-12(3-9)19-13(17-10)7-16-5-8-4-15-6-11(8)18/h1-3,8,11,15-16,18H,4-7H2. The number of hydrogen-bond acceptors (Lipinski definition) is 5. The number of nitrogens with one attached hydrogen (secondary N) is 2. The molecule has 2 aromatic rings. The smallest absolute Gasteiger partial charge is 0.124 e. The Kier molecular flexibility index (Phi) is 3.74. The molecule has 3 rings (SSSR count). The summed E-state index contributed by atoms with van der Waals surface area (Å²) < 4.78 is 13.9.